The molecule has 1 aromatic carbocycles. The van der Waals surface area contributed by atoms with E-state index in [-0.39, 0.29) is 23.7 Å². The molecule has 0 radical (unpaired) electrons. The molecule has 0 aliphatic rings. The Morgan fingerprint density at radius 2 is 1.95 bits per heavy atom. The number of nitrogens with zero attached hydrogens (tertiary/aromatic N) is 3. The van der Waals surface area contributed by atoms with Crippen LogP contribution in [0, 0.1) is 0 Å². The Morgan fingerprint density at radius 3 is 2.48 bits per heavy atom. The van der Waals surface area contributed by atoms with E-state index in [9.17, 15) is 13.2 Å². The molecule has 0 bridgehead atoms. The lowest BCUT2D eigenvalue weighted by Crippen LogP contribution is -2.17. The molecule has 0 saturated carbocycles. The van der Waals surface area contributed by atoms with Crippen molar-refractivity contribution in [3.8, 4) is 17.2 Å². The highest BCUT2D eigenvalue weighted by atomic mass is 19.4. The van der Waals surface area contributed by atoms with Gasteiger partial charge >= 0.3 is 6.18 Å². The smallest absolute Gasteiger partial charge is 0.435 e. The minimum Gasteiger partial charge on any atom is -0.497 e. The maximum atomic E-state index is 13.2. The zero-order valence-electron chi connectivity index (χ0n) is 11.3. The summed E-state index contributed by atoms with van der Waals surface area (Å²) in [4.78, 5) is 0. The Kier molecular flexibility index (Phi) is 4.03. The topological polar surface area (TPSA) is 75.2 Å². The van der Waals surface area contributed by atoms with Crippen LogP contribution in [0.4, 0.5) is 13.2 Å². The van der Waals surface area contributed by atoms with Gasteiger partial charge in [0.2, 0.25) is 0 Å². The summed E-state index contributed by atoms with van der Waals surface area (Å²) in [5.41, 5.74) is 4.03. The molecule has 1 heterocycles. The third kappa shape index (κ3) is 2.77. The Labute approximate surface area is 118 Å². The molecule has 0 spiro atoms. The number of hydrogen-bond donors (Lipinski definition) is 1. The molecule has 0 amide bonds. The first-order valence-electron chi connectivity index (χ1n) is 5.86. The van der Waals surface area contributed by atoms with Gasteiger partial charge in [-0.2, -0.15) is 13.2 Å². The molecule has 114 valence electrons. The standard InChI is InChI=1S/C12H13F3N4O2/c1-20-7-3-4-9(10(5-7)21-2)19-11(12(13,14)15)8(6-16)17-18-19/h3-5H,6,16H2,1-2H3. The maximum absolute atomic E-state index is 13.2. The first kappa shape index (κ1) is 15.1. The molecule has 2 N–H and O–H groups in total. The number of benzene rings is 1. The second-order valence-electron chi connectivity index (χ2n) is 4.04. The molecular formula is C12H13F3N4O2. The van der Waals surface area contributed by atoms with Gasteiger partial charge in [-0.15, -0.1) is 5.10 Å². The van der Waals surface area contributed by atoms with Crippen LogP contribution < -0.4 is 15.2 Å². The zero-order chi connectivity index (χ0) is 15.6. The fourth-order valence-corrected chi connectivity index (χ4v) is 1.86. The van der Waals surface area contributed by atoms with Crippen LogP contribution in [0.5, 0.6) is 11.5 Å². The quantitative estimate of drug-likeness (QED) is 0.931. The van der Waals surface area contributed by atoms with Crippen molar-refractivity contribution in [1.82, 2.24) is 15.0 Å². The lowest BCUT2D eigenvalue weighted by atomic mass is 10.2. The summed E-state index contributed by atoms with van der Waals surface area (Å²) >= 11 is 0. The average Bonchev–Trinajstić information content (AvgIpc) is 2.90. The Bertz CT molecular complexity index is 640. The van der Waals surface area contributed by atoms with E-state index in [0.717, 1.165) is 0 Å². The van der Waals surface area contributed by atoms with Crippen molar-refractivity contribution in [1.29, 1.82) is 0 Å². The number of nitrogens with two attached hydrogens (primary N) is 1. The highest BCUT2D eigenvalue weighted by Crippen LogP contribution is 2.35. The number of rotatable bonds is 4. The molecule has 21 heavy (non-hydrogen) atoms. The van der Waals surface area contributed by atoms with E-state index in [1.54, 1.807) is 0 Å². The van der Waals surface area contributed by atoms with Crippen LogP contribution in [-0.4, -0.2) is 29.2 Å². The number of halogens is 3. The Balaban J connectivity index is 2.65. The molecule has 6 nitrogen and oxygen atoms in total. The summed E-state index contributed by atoms with van der Waals surface area (Å²) in [5, 5.41) is 7.01. The summed E-state index contributed by atoms with van der Waals surface area (Å²) in [6, 6.07) is 4.36. The third-order valence-electron chi connectivity index (χ3n) is 2.82. The minimum absolute atomic E-state index is 0.0952. The molecule has 0 aliphatic heterocycles. The van der Waals surface area contributed by atoms with Gasteiger partial charge in [0.1, 0.15) is 22.9 Å². The first-order valence-corrected chi connectivity index (χ1v) is 5.86. The van der Waals surface area contributed by atoms with E-state index >= 15 is 0 Å². The average molecular weight is 302 g/mol. The van der Waals surface area contributed by atoms with Crippen LogP contribution in [-0.2, 0) is 12.7 Å². The summed E-state index contributed by atoms with van der Waals surface area (Å²) in [6.45, 7) is -0.368. The molecule has 0 saturated heterocycles. The van der Waals surface area contributed by atoms with Crippen molar-refractivity contribution in [3.05, 3.63) is 29.6 Å². The Hall–Kier alpha value is -2.29. The van der Waals surface area contributed by atoms with E-state index in [1.807, 2.05) is 0 Å². The van der Waals surface area contributed by atoms with E-state index in [2.05, 4.69) is 10.3 Å². The molecule has 0 atom stereocenters. The number of methoxy groups -OCH3 is 2. The highest BCUT2D eigenvalue weighted by molar-refractivity contribution is 5.51. The van der Waals surface area contributed by atoms with Crippen LogP contribution in [0.25, 0.3) is 5.69 Å². The van der Waals surface area contributed by atoms with Gasteiger partial charge in [-0.3, -0.25) is 0 Å². The summed E-state index contributed by atoms with van der Waals surface area (Å²) in [5.74, 6) is 0.622. The van der Waals surface area contributed by atoms with Crippen LogP contribution in [0.2, 0.25) is 0 Å². The van der Waals surface area contributed by atoms with Crippen molar-refractivity contribution in [2.24, 2.45) is 5.73 Å². The zero-order valence-corrected chi connectivity index (χ0v) is 11.3. The van der Waals surface area contributed by atoms with Crippen LogP contribution in [0.1, 0.15) is 11.4 Å². The number of aromatic nitrogens is 3. The highest BCUT2D eigenvalue weighted by Gasteiger charge is 2.39. The molecule has 0 unspecified atom stereocenters. The van der Waals surface area contributed by atoms with Crippen LogP contribution in [0.15, 0.2) is 18.2 Å². The summed E-state index contributed by atoms with van der Waals surface area (Å²) in [6.07, 6.45) is -4.64. The third-order valence-corrected chi connectivity index (χ3v) is 2.82. The van der Waals surface area contributed by atoms with Crippen molar-refractivity contribution in [2.75, 3.05) is 14.2 Å². The van der Waals surface area contributed by atoms with E-state index in [4.69, 9.17) is 15.2 Å². The van der Waals surface area contributed by atoms with Gasteiger partial charge in [-0.05, 0) is 12.1 Å². The lowest BCUT2D eigenvalue weighted by Gasteiger charge is -2.14. The largest absolute Gasteiger partial charge is 0.497 e. The maximum Gasteiger partial charge on any atom is 0.435 e. The van der Waals surface area contributed by atoms with Crippen molar-refractivity contribution in [3.63, 3.8) is 0 Å². The first-order chi connectivity index (χ1) is 9.92. The number of ether oxygens (including phenoxy) is 2. The SMILES string of the molecule is COc1ccc(-n2nnc(CN)c2C(F)(F)F)c(OC)c1. The minimum atomic E-state index is -4.64. The second-order valence-corrected chi connectivity index (χ2v) is 4.04. The van der Waals surface area contributed by atoms with Crippen molar-refractivity contribution >= 4 is 0 Å². The van der Waals surface area contributed by atoms with E-state index in [1.165, 1.54) is 32.4 Å². The van der Waals surface area contributed by atoms with Crippen LogP contribution in [0.3, 0.4) is 0 Å². The molecule has 2 aromatic rings. The molecule has 9 heteroatoms. The monoisotopic (exact) mass is 302 g/mol. The Morgan fingerprint density at radius 1 is 1.24 bits per heavy atom. The fraction of sp³-hybridized carbons (Fsp3) is 0.333. The predicted octanol–water partition coefficient (Wildman–Crippen LogP) is 1.76. The van der Waals surface area contributed by atoms with Gasteiger partial charge in [-0.25, -0.2) is 4.68 Å². The van der Waals surface area contributed by atoms with Crippen molar-refractivity contribution in [2.45, 2.75) is 12.7 Å². The van der Waals surface area contributed by atoms with Gasteiger partial charge in [0.15, 0.2) is 5.69 Å². The molecule has 0 aliphatic carbocycles. The number of hydrogen-bond acceptors (Lipinski definition) is 5. The summed E-state index contributed by atoms with van der Waals surface area (Å²) < 4.78 is 50.3. The van der Waals surface area contributed by atoms with Gasteiger partial charge in [0, 0.05) is 12.6 Å². The second kappa shape index (κ2) is 5.60. The predicted molar refractivity (Wildman–Crippen MR) is 67.4 cm³/mol. The summed E-state index contributed by atoms with van der Waals surface area (Å²) in [7, 11) is 2.78. The van der Waals surface area contributed by atoms with Gasteiger partial charge in [0.05, 0.1) is 14.2 Å². The van der Waals surface area contributed by atoms with Gasteiger partial charge in [-0.1, -0.05) is 5.21 Å². The molecule has 1 aromatic heterocycles. The fourth-order valence-electron chi connectivity index (χ4n) is 1.86. The molecule has 2 rings (SSSR count). The van der Waals surface area contributed by atoms with Crippen molar-refractivity contribution < 1.29 is 22.6 Å². The van der Waals surface area contributed by atoms with E-state index in [0.29, 0.717) is 10.4 Å². The molecular weight excluding hydrogens is 289 g/mol. The van der Waals surface area contributed by atoms with Gasteiger partial charge < -0.3 is 15.2 Å². The van der Waals surface area contributed by atoms with Gasteiger partial charge in [0.25, 0.3) is 0 Å². The normalized spacial score (nSPS) is 11.5. The molecule has 0 fully saturated rings. The van der Waals surface area contributed by atoms with E-state index < -0.39 is 11.9 Å². The number of alkyl halides is 3. The van der Waals surface area contributed by atoms with Crippen LogP contribution >= 0.6 is 0 Å². The lowest BCUT2D eigenvalue weighted by molar-refractivity contribution is -0.143.